The molecule has 1 aromatic heterocycles. The third-order valence-corrected chi connectivity index (χ3v) is 5.10. The monoisotopic (exact) mass is 361 g/mol. The van der Waals surface area contributed by atoms with Gasteiger partial charge in [0.15, 0.2) is 0 Å². The molecule has 2 bridgehead atoms. The van der Waals surface area contributed by atoms with Gasteiger partial charge in [0.05, 0.1) is 0 Å². The number of nitrogens with one attached hydrogen (secondary N) is 2. The summed E-state index contributed by atoms with van der Waals surface area (Å²) in [5, 5.41) is 2.99. The molecule has 3 rings (SSSR count). The highest BCUT2D eigenvalue weighted by Gasteiger charge is 2.40. The first kappa shape index (κ1) is 20.0. The van der Waals surface area contributed by atoms with Gasteiger partial charge in [0.1, 0.15) is 0 Å². The quantitative estimate of drug-likeness (QED) is 0.768. The first-order valence-corrected chi connectivity index (χ1v) is 7.84. The van der Waals surface area contributed by atoms with Gasteiger partial charge >= 0.3 is 0 Å². The van der Waals surface area contributed by atoms with Crippen LogP contribution in [-0.4, -0.2) is 16.9 Å². The van der Waals surface area contributed by atoms with E-state index >= 15 is 0 Å². The Balaban J connectivity index is 0.00000132. The van der Waals surface area contributed by atoms with E-state index in [0.29, 0.717) is 24.4 Å². The molecular formula is C16H25Cl2N3O2. The van der Waals surface area contributed by atoms with Crippen molar-refractivity contribution in [2.75, 3.05) is 0 Å². The summed E-state index contributed by atoms with van der Waals surface area (Å²) in [5.41, 5.74) is 7.05. The number of aromatic amines is 1. The van der Waals surface area contributed by atoms with Gasteiger partial charge in [0.2, 0.25) is 11.5 Å². The largest absolute Gasteiger partial charge is 0.352 e. The third-order valence-electron chi connectivity index (χ3n) is 5.10. The molecule has 2 unspecified atom stereocenters. The number of pyridine rings is 1. The molecular weight excluding hydrogens is 337 g/mol. The number of carbonyl (C=O) groups excluding carboxylic acids is 1. The van der Waals surface area contributed by atoms with Gasteiger partial charge in [-0.15, -0.1) is 24.8 Å². The minimum atomic E-state index is -0.126. The van der Waals surface area contributed by atoms with Crippen LogP contribution in [0.3, 0.4) is 0 Å². The molecule has 1 amide bonds. The zero-order valence-corrected chi connectivity index (χ0v) is 14.6. The average Bonchev–Trinajstić information content (AvgIpc) is 2.46. The number of amides is 1. The van der Waals surface area contributed by atoms with Gasteiger partial charge in [-0.3, -0.25) is 9.59 Å². The van der Waals surface area contributed by atoms with E-state index < -0.39 is 0 Å². The first-order chi connectivity index (χ1) is 10.1. The minimum absolute atomic E-state index is 0. The first-order valence-electron chi connectivity index (χ1n) is 7.84. The van der Waals surface area contributed by atoms with E-state index in [-0.39, 0.29) is 42.2 Å². The Labute approximate surface area is 148 Å². The molecule has 2 aliphatic carbocycles. The highest BCUT2D eigenvalue weighted by atomic mass is 35.5. The molecule has 2 aliphatic rings. The number of H-pyrrole nitrogens is 1. The van der Waals surface area contributed by atoms with Crippen LogP contribution in [-0.2, 0) is 11.3 Å². The second kappa shape index (κ2) is 8.71. The van der Waals surface area contributed by atoms with E-state index in [0.717, 1.165) is 18.4 Å². The topological polar surface area (TPSA) is 88.0 Å². The summed E-state index contributed by atoms with van der Waals surface area (Å²) in [6.07, 6.45) is 7.09. The van der Waals surface area contributed by atoms with Crippen molar-refractivity contribution in [3.05, 3.63) is 34.2 Å². The minimum Gasteiger partial charge on any atom is -0.352 e. The lowest BCUT2D eigenvalue weighted by atomic mass is 9.65. The number of rotatable bonds is 3. The molecule has 2 fully saturated rings. The van der Waals surface area contributed by atoms with Crippen LogP contribution in [0.1, 0.15) is 37.7 Å². The molecule has 5 nitrogen and oxygen atoms in total. The van der Waals surface area contributed by atoms with E-state index in [1.54, 1.807) is 12.3 Å². The van der Waals surface area contributed by atoms with Crippen molar-refractivity contribution in [1.29, 1.82) is 0 Å². The van der Waals surface area contributed by atoms with Gasteiger partial charge in [0, 0.05) is 30.8 Å². The van der Waals surface area contributed by atoms with Gasteiger partial charge in [0.25, 0.3) is 0 Å². The standard InChI is InChI=1S/C16H23N3O2.2ClH/c17-15-11-2-1-3-12(15)7-13(6-11)16(21)19-9-10-4-5-14(20)18-8-10;;/h4-5,8,11-13,15H,1-3,6-7,9,17H2,(H,18,20)(H,19,21);2*1H. The number of fused-ring (bicyclic) bond motifs is 2. The zero-order chi connectivity index (χ0) is 14.8. The summed E-state index contributed by atoms with van der Waals surface area (Å²) < 4.78 is 0. The molecule has 2 saturated carbocycles. The van der Waals surface area contributed by atoms with Crippen LogP contribution in [0.5, 0.6) is 0 Å². The summed E-state index contributed by atoms with van der Waals surface area (Å²) in [7, 11) is 0. The van der Waals surface area contributed by atoms with Gasteiger partial charge < -0.3 is 16.0 Å². The Bertz CT molecular complexity index is 544. The average molecular weight is 362 g/mol. The number of hydrogen-bond acceptors (Lipinski definition) is 3. The van der Waals surface area contributed by atoms with E-state index in [1.807, 2.05) is 0 Å². The normalized spacial score (nSPS) is 28.9. The predicted octanol–water partition coefficient (Wildman–Crippen LogP) is 1.99. The molecule has 7 heteroatoms. The fourth-order valence-corrected chi connectivity index (χ4v) is 3.89. The van der Waals surface area contributed by atoms with Crippen LogP contribution >= 0.6 is 24.8 Å². The molecule has 23 heavy (non-hydrogen) atoms. The zero-order valence-electron chi connectivity index (χ0n) is 13.0. The maximum atomic E-state index is 12.4. The Hall–Kier alpha value is -1.04. The van der Waals surface area contributed by atoms with Gasteiger partial charge in [-0.25, -0.2) is 0 Å². The van der Waals surface area contributed by atoms with Crippen LogP contribution < -0.4 is 16.6 Å². The van der Waals surface area contributed by atoms with Gasteiger partial charge in [-0.2, -0.15) is 0 Å². The van der Waals surface area contributed by atoms with E-state index in [4.69, 9.17) is 5.73 Å². The van der Waals surface area contributed by atoms with Crippen LogP contribution in [0.4, 0.5) is 0 Å². The molecule has 0 radical (unpaired) electrons. The summed E-state index contributed by atoms with van der Waals surface area (Å²) >= 11 is 0. The Morgan fingerprint density at radius 1 is 1.22 bits per heavy atom. The van der Waals surface area contributed by atoms with Crippen molar-refractivity contribution < 1.29 is 4.79 Å². The second-order valence-corrected chi connectivity index (χ2v) is 6.48. The molecule has 0 aromatic carbocycles. The third kappa shape index (κ3) is 4.72. The van der Waals surface area contributed by atoms with Crippen LogP contribution in [0, 0.1) is 17.8 Å². The maximum Gasteiger partial charge on any atom is 0.247 e. The molecule has 130 valence electrons. The number of aromatic nitrogens is 1. The molecule has 4 N–H and O–H groups in total. The fraction of sp³-hybridized carbons (Fsp3) is 0.625. The Morgan fingerprint density at radius 3 is 2.43 bits per heavy atom. The highest BCUT2D eigenvalue weighted by molar-refractivity contribution is 5.85. The van der Waals surface area contributed by atoms with Crippen molar-refractivity contribution in [3.8, 4) is 0 Å². The van der Waals surface area contributed by atoms with Crippen molar-refractivity contribution in [1.82, 2.24) is 10.3 Å². The van der Waals surface area contributed by atoms with Crippen molar-refractivity contribution >= 4 is 30.7 Å². The molecule has 0 saturated heterocycles. The van der Waals surface area contributed by atoms with Crippen molar-refractivity contribution in [2.45, 2.75) is 44.7 Å². The Kier molecular flexibility index (Phi) is 7.58. The molecule has 0 aliphatic heterocycles. The van der Waals surface area contributed by atoms with Crippen LogP contribution in [0.2, 0.25) is 0 Å². The van der Waals surface area contributed by atoms with Crippen LogP contribution in [0.15, 0.2) is 23.1 Å². The summed E-state index contributed by atoms with van der Waals surface area (Å²) in [6, 6.07) is 3.51. The summed E-state index contributed by atoms with van der Waals surface area (Å²) in [6.45, 7) is 0.466. The number of carbonyl (C=O) groups is 1. The molecule has 1 aromatic rings. The van der Waals surface area contributed by atoms with Crippen molar-refractivity contribution in [3.63, 3.8) is 0 Å². The maximum absolute atomic E-state index is 12.4. The smallest absolute Gasteiger partial charge is 0.247 e. The van der Waals surface area contributed by atoms with E-state index in [9.17, 15) is 9.59 Å². The summed E-state index contributed by atoms with van der Waals surface area (Å²) in [4.78, 5) is 26.0. The molecule has 1 heterocycles. The SMILES string of the molecule is Cl.Cl.NC1C2CCCC1CC(C(=O)NCc1ccc(=O)[nH]c1)C2. The number of hydrogen-bond donors (Lipinski definition) is 3. The lowest BCUT2D eigenvalue weighted by Crippen LogP contribution is -2.49. The second-order valence-electron chi connectivity index (χ2n) is 6.48. The number of nitrogens with two attached hydrogens (primary N) is 1. The number of halogens is 2. The fourth-order valence-electron chi connectivity index (χ4n) is 3.89. The summed E-state index contributed by atoms with van der Waals surface area (Å²) in [5.74, 6) is 1.26. The van der Waals surface area contributed by atoms with Gasteiger partial charge in [-0.1, -0.05) is 12.5 Å². The Morgan fingerprint density at radius 2 is 1.87 bits per heavy atom. The molecule has 0 spiro atoms. The highest BCUT2D eigenvalue weighted by Crippen LogP contribution is 2.41. The van der Waals surface area contributed by atoms with E-state index in [1.165, 1.54) is 25.3 Å². The van der Waals surface area contributed by atoms with Crippen molar-refractivity contribution in [2.24, 2.45) is 23.5 Å². The predicted molar refractivity (Wildman–Crippen MR) is 94.9 cm³/mol. The lowest BCUT2D eigenvalue weighted by Gasteiger charge is -2.43. The van der Waals surface area contributed by atoms with Gasteiger partial charge in [-0.05, 0) is 43.1 Å². The molecule has 2 atom stereocenters. The van der Waals surface area contributed by atoms with Crippen LogP contribution in [0.25, 0.3) is 0 Å². The van der Waals surface area contributed by atoms with E-state index in [2.05, 4.69) is 10.3 Å². The lowest BCUT2D eigenvalue weighted by molar-refractivity contribution is -0.128.